The third-order valence-corrected chi connectivity index (χ3v) is 4.53. The van der Waals surface area contributed by atoms with Crippen LogP contribution in [0.25, 0.3) is 11.0 Å². The molecule has 2 heterocycles. The highest BCUT2D eigenvalue weighted by atomic mass is 35.5. The molecule has 1 atom stereocenters. The summed E-state index contributed by atoms with van der Waals surface area (Å²) < 4.78 is 11.8. The molecule has 3 aromatic rings. The Balaban J connectivity index is 0.00000196. The summed E-state index contributed by atoms with van der Waals surface area (Å²) in [6.45, 7) is 1.51. The van der Waals surface area contributed by atoms with Crippen molar-refractivity contribution >= 4 is 29.3 Å². The molecule has 1 fully saturated rings. The first-order chi connectivity index (χ1) is 12.2. The second-order valence-electron chi connectivity index (χ2n) is 6.31. The van der Waals surface area contributed by atoms with E-state index in [1.165, 1.54) is 0 Å². The molecule has 26 heavy (non-hydrogen) atoms. The van der Waals surface area contributed by atoms with Crippen molar-refractivity contribution < 1.29 is 13.9 Å². The van der Waals surface area contributed by atoms with Crippen LogP contribution < -0.4 is 10.5 Å². The standard InChI is InChI=1S/C20H20N2O3.ClH/c21-14-10-11-22(12-14)20(23)19-17(13-24-15-6-2-1-3-7-15)16-8-4-5-9-18(16)25-19;/h1-9,14H,10-13,21H2;1H/t14-;/m1./s1. The summed E-state index contributed by atoms with van der Waals surface area (Å²) in [5.74, 6) is 0.997. The number of halogens is 1. The van der Waals surface area contributed by atoms with Crippen LogP contribution in [-0.4, -0.2) is 29.9 Å². The molecule has 1 aromatic heterocycles. The minimum Gasteiger partial charge on any atom is -0.489 e. The van der Waals surface area contributed by atoms with E-state index in [1.807, 2.05) is 54.6 Å². The van der Waals surface area contributed by atoms with Gasteiger partial charge in [0.1, 0.15) is 17.9 Å². The fraction of sp³-hybridized carbons (Fsp3) is 0.250. The Kier molecular flexibility index (Phi) is 5.49. The van der Waals surface area contributed by atoms with Crippen LogP contribution in [0.2, 0.25) is 0 Å². The molecule has 2 N–H and O–H groups in total. The lowest BCUT2D eigenvalue weighted by Gasteiger charge is -2.15. The van der Waals surface area contributed by atoms with Gasteiger partial charge >= 0.3 is 0 Å². The highest BCUT2D eigenvalue weighted by Crippen LogP contribution is 2.29. The first kappa shape index (κ1) is 18.3. The molecule has 0 bridgehead atoms. The Morgan fingerprint density at radius 2 is 1.88 bits per heavy atom. The molecule has 0 spiro atoms. The predicted octanol–water partition coefficient (Wildman–Crippen LogP) is 3.61. The topological polar surface area (TPSA) is 68.7 Å². The number of likely N-dealkylation sites (tertiary alicyclic amines) is 1. The van der Waals surface area contributed by atoms with Gasteiger partial charge in [-0.2, -0.15) is 0 Å². The SMILES string of the molecule is Cl.N[C@@H]1CCN(C(=O)c2oc3ccccc3c2COc2ccccc2)C1. The molecule has 0 radical (unpaired) electrons. The van der Waals surface area contributed by atoms with E-state index in [0.29, 0.717) is 24.4 Å². The number of hydrogen-bond acceptors (Lipinski definition) is 4. The Morgan fingerprint density at radius 3 is 2.62 bits per heavy atom. The zero-order valence-electron chi connectivity index (χ0n) is 14.3. The second-order valence-corrected chi connectivity index (χ2v) is 6.31. The summed E-state index contributed by atoms with van der Waals surface area (Å²) in [5, 5.41) is 0.908. The monoisotopic (exact) mass is 372 g/mol. The van der Waals surface area contributed by atoms with Crippen LogP contribution in [0.3, 0.4) is 0 Å². The molecule has 6 heteroatoms. The maximum absolute atomic E-state index is 12.9. The summed E-state index contributed by atoms with van der Waals surface area (Å²) in [4.78, 5) is 14.7. The molecule has 1 aliphatic heterocycles. The third kappa shape index (κ3) is 3.54. The lowest BCUT2D eigenvalue weighted by molar-refractivity contribution is 0.0758. The van der Waals surface area contributed by atoms with E-state index in [2.05, 4.69) is 0 Å². The largest absolute Gasteiger partial charge is 0.489 e. The van der Waals surface area contributed by atoms with Crippen molar-refractivity contribution in [1.82, 2.24) is 4.90 Å². The molecular formula is C20H21ClN2O3. The van der Waals surface area contributed by atoms with Gasteiger partial charge in [-0.05, 0) is 24.6 Å². The number of furan rings is 1. The maximum Gasteiger partial charge on any atom is 0.290 e. The second kappa shape index (κ2) is 7.81. The van der Waals surface area contributed by atoms with E-state index >= 15 is 0 Å². The van der Waals surface area contributed by atoms with Crippen LogP contribution in [0.15, 0.2) is 59.0 Å². The minimum absolute atomic E-state index is 0. The Labute approximate surface area is 158 Å². The molecule has 0 saturated carbocycles. The van der Waals surface area contributed by atoms with Crippen molar-refractivity contribution in [3.05, 3.63) is 65.9 Å². The van der Waals surface area contributed by atoms with Crippen molar-refractivity contribution in [3.63, 3.8) is 0 Å². The Morgan fingerprint density at radius 1 is 1.15 bits per heavy atom. The highest BCUT2D eigenvalue weighted by molar-refractivity contribution is 5.99. The number of ether oxygens (including phenoxy) is 1. The van der Waals surface area contributed by atoms with E-state index in [9.17, 15) is 4.79 Å². The van der Waals surface area contributed by atoms with Crippen LogP contribution in [0.4, 0.5) is 0 Å². The van der Waals surface area contributed by atoms with Crippen LogP contribution >= 0.6 is 12.4 Å². The predicted molar refractivity (Wildman–Crippen MR) is 103 cm³/mol. The Hall–Kier alpha value is -2.50. The number of carbonyl (C=O) groups is 1. The van der Waals surface area contributed by atoms with Crippen molar-refractivity contribution in [1.29, 1.82) is 0 Å². The molecule has 136 valence electrons. The summed E-state index contributed by atoms with van der Waals surface area (Å²) >= 11 is 0. The number of para-hydroxylation sites is 2. The van der Waals surface area contributed by atoms with E-state index in [-0.39, 0.29) is 31.0 Å². The van der Waals surface area contributed by atoms with Gasteiger partial charge in [0.25, 0.3) is 5.91 Å². The number of nitrogens with two attached hydrogens (primary N) is 1. The zero-order chi connectivity index (χ0) is 17.2. The van der Waals surface area contributed by atoms with Crippen LogP contribution in [0.5, 0.6) is 5.75 Å². The zero-order valence-corrected chi connectivity index (χ0v) is 15.1. The maximum atomic E-state index is 12.9. The average Bonchev–Trinajstić information content (AvgIpc) is 3.24. The number of fused-ring (bicyclic) bond motifs is 1. The Bertz CT molecular complexity index is 894. The molecule has 1 aliphatic rings. The molecule has 0 aliphatic carbocycles. The molecule has 0 unspecified atom stereocenters. The smallest absolute Gasteiger partial charge is 0.290 e. The van der Waals surface area contributed by atoms with Crippen molar-refractivity contribution in [2.24, 2.45) is 5.73 Å². The van der Waals surface area contributed by atoms with Gasteiger partial charge < -0.3 is 19.8 Å². The fourth-order valence-corrected chi connectivity index (χ4v) is 3.20. The van der Waals surface area contributed by atoms with E-state index in [4.69, 9.17) is 14.9 Å². The quantitative estimate of drug-likeness (QED) is 0.759. The number of rotatable bonds is 4. The number of amides is 1. The van der Waals surface area contributed by atoms with Gasteiger partial charge in [-0.25, -0.2) is 0 Å². The number of nitrogens with zero attached hydrogens (tertiary/aromatic N) is 1. The van der Waals surface area contributed by atoms with E-state index < -0.39 is 0 Å². The van der Waals surface area contributed by atoms with Gasteiger partial charge in [-0.1, -0.05) is 36.4 Å². The summed E-state index contributed by atoms with van der Waals surface area (Å²) in [5.41, 5.74) is 7.42. The normalized spacial score (nSPS) is 16.5. The first-order valence-corrected chi connectivity index (χ1v) is 8.45. The van der Waals surface area contributed by atoms with Gasteiger partial charge in [0.15, 0.2) is 5.76 Å². The summed E-state index contributed by atoms with van der Waals surface area (Å²) in [6, 6.07) is 17.2. The number of benzene rings is 2. The number of carbonyl (C=O) groups excluding carboxylic acids is 1. The summed E-state index contributed by atoms with van der Waals surface area (Å²) in [6.07, 6.45) is 0.821. The van der Waals surface area contributed by atoms with Crippen LogP contribution in [0.1, 0.15) is 22.5 Å². The highest BCUT2D eigenvalue weighted by Gasteiger charge is 2.29. The molecule has 5 nitrogen and oxygen atoms in total. The van der Waals surface area contributed by atoms with Crippen molar-refractivity contribution in [2.45, 2.75) is 19.1 Å². The first-order valence-electron chi connectivity index (χ1n) is 8.45. The molecule has 2 aromatic carbocycles. The van der Waals surface area contributed by atoms with Crippen LogP contribution in [-0.2, 0) is 6.61 Å². The molecular weight excluding hydrogens is 352 g/mol. The molecule has 1 amide bonds. The lowest BCUT2D eigenvalue weighted by atomic mass is 10.1. The van der Waals surface area contributed by atoms with Gasteiger partial charge in [0.2, 0.25) is 0 Å². The van der Waals surface area contributed by atoms with Gasteiger partial charge in [-0.15, -0.1) is 12.4 Å². The average molecular weight is 373 g/mol. The molecule has 1 saturated heterocycles. The van der Waals surface area contributed by atoms with Crippen molar-refractivity contribution in [2.75, 3.05) is 13.1 Å². The van der Waals surface area contributed by atoms with Gasteiger partial charge in [0.05, 0.1) is 0 Å². The van der Waals surface area contributed by atoms with E-state index in [0.717, 1.165) is 23.1 Å². The van der Waals surface area contributed by atoms with Gasteiger partial charge in [-0.3, -0.25) is 4.79 Å². The van der Waals surface area contributed by atoms with E-state index in [1.54, 1.807) is 4.90 Å². The fourth-order valence-electron chi connectivity index (χ4n) is 3.20. The summed E-state index contributed by atoms with van der Waals surface area (Å²) in [7, 11) is 0. The lowest BCUT2D eigenvalue weighted by Crippen LogP contribution is -2.32. The third-order valence-electron chi connectivity index (χ3n) is 4.53. The van der Waals surface area contributed by atoms with Gasteiger partial charge in [0, 0.05) is 30.1 Å². The van der Waals surface area contributed by atoms with Crippen LogP contribution in [0, 0.1) is 0 Å². The number of hydrogen-bond donors (Lipinski definition) is 1. The molecule has 4 rings (SSSR count). The van der Waals surface area contributed by atoms with Crippen molar-refractivity contribution in [3.8, 4) is 5.75 Å². The minimum atomic E-state index is -0.115.